The SMILES string of the molecule is CPS(C)(C)C. The van der Waals surface area contributed by atoms with E-state index in [1.165, 1.54) is 0 Å². The van der Waals surface area contributed by atoms with E-state index in [-0.39, 0.29) is 9.65 Å². The van der Waals surface area contributed by atoms with Gasteiger partial charge in [0.1, 0.15) is 0 Å². The molecule has 0 aromatic carbocycles. The van der Waals surface area contributed by atoms with Crippen molar-refractivity contribution in [3.8, 4) is 0 Å². The Kier molecular flexibility index (Phi) is 2.47. The number of rotatable bonds is 1. The maximum absolute atomic E-state index is 2.34. The molecule has 0 rings (SSSR count). The summed E-state index contributed by atoms with van der Waals surface area (Å²) in [5, 5.41) is 0. The Morgan fingerprint density at radius 2 is 1.33 bits per heavy atom. The van der Waals surface area contributed by atoms with Crippen molar-refractivity contribution < 1.29 is 0 Å². The minimum Gasteiger partial charge on any atom is -0.232 e. The quantitative estimate of drug-likeness (QED) is 0.468. The minimum absolute atomic E-state index is 0.134. The van der Waals surface area contributed by atoms with Crippen molar-refractivity contribution in [3.05, 3.63) is 0 Å². The summed E-state index contributed by atoms with van der Waals surface area (Å²) in [6, 6.07) is 0. The predicted octanol–water partition coefficient (Wildman–Crippen LogP) is 1.90. The molecule has 0 aromatic rings. The molecule has 0 heterocycles. The van der Waals surface area contributed by atoms with Crippen LogP contribution < -0.4 is 0 Å². The first-order valence-electron chi connectivity index (χ1n) is 1.93. The molecule has 0 aromatic heterocycles. The summed E-state index contributed by atoms with van der Waals surface area (Å²) in [6.45, 7) is 2.27. The molecule has 0 saturated heterocycles. The maximum Gasteiger partial charge on any atom is -0.0317 e. The smallest absolute Gasteiger partial charge is 0.0317 e. The van der Waals surface area contributed by atoms with Crippen LogP contribution in [0.25, 0.3) is 0 Å². The summed E-state index contributed by atoms with van der Waals surface area (Å²) in [5.74, 6) is 0. The van der Waals surface area contributed by atoms with Gasteiger partial charge in [0.15, 0.2) is 0 Å². The van der Waals surface area contributed by atoms with Crippen molar-refractivity contribution in [2.24, 2.45) is 0 Å². The van der Waals surface area contributed by atoms with E-state index >= 15 is 0 Å². The Balaban J connectivity index is 3.17. The van der Waals surface area contributed by atoms with Crippen molar-refractivity contribution in [2.45, 2.75) is 0 Å². The van der Waals surface area contributed by atoms with E-state index in [2.05, 4.69) is 25.4 Å². The van der Waals surface area contributed by atoms with Crippen LogP contribution in [0.15, 0.2) is 0 Å². The molecule has 1 unspecified atom stereocenters. The number of hydrogen-bond acceptors (Lipinski definition) is 0. The van der Waals surface area contributed by atoms with Crippen LogP contribution in [-0.4, -0.2) is 25.4 Å². The molecule has 0 nitrogen and oxygen atoms in total. The van der Waals surface area contributed by atoms with Gasteiger partial charge in [-0.3, -0.25) is 0 Å². The van der Waals surface area contributed by atoms with Gasteiger partial charge in [-0.05, 0) is 25.4 Å². The molecule has 0 aliphatic heterocycles. The summed E-state index contributed by atoms with van der Waals surface area (Å²) in [6.07, 6.45) is 7.02. The fraction of sp³-hybridized carbons (Fsp3) is 1.00. The van der Waals surface area contributed by atoms with Crippen LogP contribution in [0.2, 0.25) is 0 Å². The first-order chi connectivity index (χ1) is 2.56. The van der Waals surface area contributed by atoms with E-state index in [9.17, 15) is 0 Å². The van der Waals surface area contributed by atoms with Gasteiger partial charge in [-0.15, -0.1) is 0 Å². The maximum atomic E-state index is 2.34. The van der Waals surface area contributed by atoms with Crippen molar-refractivity contribution in [2.75, 3.05) is 25.4 Å². The Labute approximate surface area is 43.6 Å². The highest BCUT2D eigenvalue weighted by atomic mass is 32.8. The molecule has 0 aliphatic carbocycles. The van der Waals surface area contributed by atoms with Crippen LogP contribution >= 0.6 is 17.4 Å². The summed E-state index contributed by atoms with van der Waals surface area (Å²) in [5.41, 5.74) is 0. The van der Waals surface area contributed by atoms with Crippen molar-refractivity contribution in [3.63, 3.8) is 0 Å². The average Bonchev–Trinajstić information content (AvgIpc) is 1.35. The Morgan fingerprint density at radius 3 is 1.33 bits per heavy atom. The predicted molar refractivity (Wildman–Crippen MR) is 39.6 cm³/mol. The highest BCUT2D eigenvalue weighted by Gasteiger charge is 1.95. The lowest BCUT2D eigenvalue weighted by molar-refractivity contribution is 2.17. The molecule has 0 aliphatic rings. The molecule has 0 spiro atoms. The minimum atomic E-state index is -0.134. The van der Waals surface area contributed by atoms with Gasteiger partial charge < -0.3 is 0 Å². The van der Waals surface area contributed by atoms with Crippen molar-refractivity contribution in [1.82, 2.24) is 0 Å². The van der Waals surface area contributed by atoms with E-state index < -0.39 is 0 Å². The lowest BCUT2D eigenvalue weighted by atomic mass is 11.9. The standard InChI is InChI=1S/C4H13PS/c1-5-6(2,3)4/h5H,1-4H3. The zero-order chi connectivity index (χ0) is 5.21. The fourth-order valence-corrected chi connectivity index (χ4v) is 0. The average molecular weight is 124 g/mol. The second-order valence-corrected chi connectivity index (χ2v) is 11.0. The van der Waals surface area contributed by atoms with Crippen molar-refractivity contribution >= 4 is 17.4 Å². The summed E-state index contributed by atoms with van der Waals surface area (Å²) in [7, 11) is 1.02. The van der Waals surface area contributed by atoms with Crippen LogP contribution in [0.1, 0.15) is 0 Å². The summed E-state index contributed by atoms with van der Waals surface area (Å²) in [4.78, 5) is 0. The molecule has 6 heavy (non-hydrogen) atoms. The zero-order valence-electron chi connectivity index (χ0n) is 4.91. The number of hydrogen-bond donors (Lipinski definition) is 0. The van der Waals surface area contributed by atoms with Gasteiger partial charge in [0.25, 0.3) is 0 Å². The van der Waals surface area contributed by atoms with Crippen LogP contribution in [-0.2, 0) is 0 Å². The third-order valence-electron chi connectivity index (χ3n) is 0.612. The van der Waals surface area contributed by atoms with E-state index in [0.29, 0.717) is 0 Å². The van der Waals surface area contributed by atoms with Gasteiger partial charge >= 0.3 is 0 Å². The van der Waals surface area contributed by atoms with Gasteiger partial charge in [0.2, 0.25) is 0 Å². The largest absolute Gasteiger partial charge is 0.232 e. The molecule has 0 bridgehead atoms. The first kappa shape index (κ1) is 6.78. The lowest BCUT2D eigenvalue weighted by Crippen LogP contribution is -1.77. The molecule has 1 atom stereocenters. The summed E-state index contributed by atoms with van der Waals surface area (Å²) < 4.78 is 0. The second-order valence-electron chi connectivity index (χ2n) is 2.04. The Hall–Kier alpha value is 0.780. The molecule has 0 saturated carbocycles. The molecule has 2 heteroatoms. The Bertz CT molecular complexity index is 37.3. The van der Waals surface area contributed by atoms with Crippen LogP contribution in [0, 0.1) is 0 Å². The van der Waals surface area contributed by atoms with Crippen LogP contribution in [0.5, 0.6) is 0 Å². The van der Waals surface area contributed by atoms with Gasteiger partial charge in [-0.2, -0.15) is 0 Å². The molecule has 0 radical (unpaired) electrons. The van der Waals surface area contributed by atoms with E-state index in [1.54, 1.807) is 0 Å². The second kappa shape index (κ2) is 2.18. The third-order valence-corrected chi connectivity index (χ3v) is 5.51. The molecular formula is C4H13PS. The van der Waals surface area contributed by atoms with Gasteiger partial charge in [0, 0.05) is 0 Å². The Morgan fingerprint density at radius 1 is 1.17 bits per heavy atom. The van der Waals surface area contributed by atoms with Gasteiger partial charge in [0.05, 0.1) is 0 Å². The molecule has 0 N–H and O–H groups in total. The van der Waals surface area contributed by atoms with E-state index in [4.69, 9.17) is 0 Å². The van der Waals surface area contributed by atoms with Gasteiger partial charge in [-0.25, -0.2) is 9.65 Å². The third kappa shape index (κ3) is 4.78. The molecule has 0 amide bonds. The first-order valence-corrected chi connectivity index (χ1v) is 7.01. The zero-order valence-corrected chi connectivity index (χ0v) is 6.72. The summed E-state index contributed by atoms with van der Waals surface area (Å²) >= 11 is 0. The molecular weight excluding hydrogens is 111 g/mol. The highest BCUT2D eigenvalue weighted by Crippen LogP contribution is 2.52. The van der Waals surface area contributed by atoms with Crippen LogP contribution in [0.4, 0.5) is 0 Å². The van der Waals surface area contributed by atoms with Crippen LogP contribution in [0.3, 0.4) is 0 Å². The normalized spacial score (nSPS) is 16.7. The topological polar surface area (TPSA) is 0 Å². The van der Waals surface area contributed by atoms with E-state index in [0.717, 1.165) is 7.78 Å². The molecule has 0 fully saturated rings. The van der Waals surface area contributed by atoms with Gasteiger partial charge in [-0.1, -0.05) is 7.78 Å². The highest BCUT2D eigenvalue weighted by molar-refractivity contribution is 8.71. The van der Waals surface area contributed by atoms with Crippen molar-refractivity contribution in [1.29, 1.82) is 0 Å². The van der Waals surface area contributed by atoms with E-state index in [1.807, 2.05) is 0 Å². The lowest BCUT2D eigenvalue weighted by Gasteiger charge is -2.21. The monoisotopic (exact) mass is 124 g/mol. The molecule has 40 valence electrons. The fourth-order valence-electron chi connectivity index (χ4n) is 0.